The molecule has 1 N–H and O–H groups in total. The van der Waals surface area contributed by atoms with Crippen LogP contribution in [0.3, 0.4) is 0 Å². The van der Waals surface area contributed by atoms with E-state index in [1.54, 1.807) is 18.5 Å². The third-order valence-electron chi connectivity index (χ3n) is 8.40. The summed E-state index contributed by atoms with van der Waals surface area (Å²) < 4.78 is 13.6. The highest BCUT2D eigenvalue weighted by molar-refractivity contribution is 5.95. The first-order valence-corrected chi connectivity index (χ1v) is 12.1. The van der Waals surface area contributed by atoms with E-state index >= 15 is 0 Å². The maximum absolute atomic E-state index is 13.6. The predicted octanol–water partition coefficient (Wildman–Crippen LogP) is 4.20. The minimum Gasteiger partial charge on any atom is -0.310 e. The van der Waals surface area contributed by atoms with Gasteiger partial charge in [0.25, 0.3) is 0 Å². The second-order valence-electron chi connectivity index (χ2n) is 10.7. The molecular formula is C26H28FN5O. The van der Waals surface area contributed by atoms with Crippen molar-refractivity contribution in [3.8, 4) is 6.07 Å². The van der Waals surface area contributed by atoms with Crippen molar-refractivity contribution in [3.05, 3.63) is 52.7 Å². The summed E-state index contributed by atoms with van der Waals surface area (Å²) in [5.41, 5.74) is 2.74. The summed E-state index contributed by atoms with van der Waals surface area (Å²) >= 11 is 0. The van der Waals surface area contributed by atoms with Gasteiger partial charge in [0.05, 0.1) is 16.7 Å². The number of nitrogens with one attached hydrogen (secondary N) is 1. The number of carbonyl (C=O) groups excluding carboxylic acids is 1. The maximum Gasteiger partial charge on any atom is 0.231 e. The van der Waals surface area contributed by atoms with Crippen LogP contribution in [0.4, 0.5) is 10.2 Å². The Morgan fingerprint density at radius 2 is 1.91 bits per heavy atom. The number of carbonyl (C=O) groups is 1. The Bertz CT molecular complexity index is 1120. The first kappa shape index (κ1) is 20.7. The molecule has 1 amide bonds. The molecule has 0 radical (unpaired) electrons. The number of nitriles is 1. The van der Waals surface area contributed by atoms with Gasteiger partial charge in [-0.2, -0.15) is 5.26 Å². The standard InChI is InChI=1S/C26H28FN5O/c27-22-2-1-16(8-20(22)12-28)13-32-4-3-21-23(14-32)29-15-30-24(21)31-25(33)26-9-17-5-18(10-26)7-19(6-17)11-26/h1-2,8,15,17-19H,3-7,9-11,13-14H2,(H,29,30,31,33). The third kappa shape index (κ3) is 3.71. The van der Waals surface area contributed by atoms with Gasteiger partial charge < -0.3 is 5.32 Å². The van der Waals surface area contributed by atoms with Gasteiger partial charge in [-0.1, -0.05) is 6.07 Å². The molecule has 4 saturated carbocycles. The van der Waals surface area contributed by atoms with E-state index in [1.165, 1.54) is 25.3 Å². The quantitative estimate of drug-likeness (QED) is 0.763. The lowest BCUT2D eigenvalue weighted by Gasteiger charge is -2.55. The fourth-order valence-electron chi connectivity index (χ4n) is 7.29. The lowest BCUT2D eigenvalue weighted by atomic mass is 9.49. The fourth-order valence-corrected chi connectivity index (χ4v) is 7.29. The average molecular weight is 446 g/mol. The molecule has 2 heterocycles. The van der Waals surface area contributed by atoms with Gasteiger partial charge in [0.15, 0.2) is 0 Å². The number of rotatable bonds is 4. The van der Waals surface area contributed by atoms with Crippen LogP contribution in [0, 0.1) is 40.3 Å². The van der Waals surface area contributed by atoms with Crippen molar-refractivity contribution in [2.45, 2.75) is 58.0 Å². The summed E-state index contributed by atoms with van der Waals surface area (Å²) in [6.07, 6.45) is 9.35. The molecule has 1 aliphatic heterocycles. The number of fused-ring (bicyclic) bond motifs is 1. The lowest BCUT2D eigenvalue weighted by Crippen LogP contribution is -2.52. The third-order valence-corrected chi connectivity index (χ3v) is 8.40. The highest BCUT2D eigenvalue weighted by Crippen LogP contribution is 2.60. The van der Waals surface area contributed by atoms with Gasteiger partial charge in [-0.15, -0.1) is 0 Å². The number of anilines is 1. The first-order chi connectivity index (χ1) is 16.0. The van der Waals surface area contributed by atoms with E-state index in [0.29, 0.717) is 18.9 Å². The molecule has 1 aromatic carbocycles. The average Bonchev–Trinajstić information content (AvgIpc) is 2.79. The number of halogens is 1. The summed E-state index contributed by atoms with van der Waals surface area (Å²) in [6, 6.07) is 6.60. The molecule has 4 fully saturated rings. The highest BCUT2D eigenvalue weighted by Gasteiger charge is 2.54. The molecule has 33 heavy (non-hydrogen) atoms. The van der Waals surface area contributed by atoms with Gasteiger partial charge in [-0.3, -0.25) is 9.69 Å². The summed E-state index contributed by atoms with van der Waals surface area (Å²) in [4.78, 5) is 24.7. The minimum absolute atomic E-state index is 0.0712. The van der Waals surface area contributed by atoms with Crippen molar-refractivity contribution in [1.29, 1.82) is 5.26 Å². The smallest absolute Gasteiger partial charge is 0.231 e. The van der Waals surface area contributed by atoms with Gasteiger partial charge in [-0.25, -0.2) is 14.4 Å². The van der Waals surface area contributed by atoms with Crippen LogP contribution in [0.5, 0.6) is 0 Å². The van der Waals surface area contributed by atoms with Crippen molar-refractivity contribution in [3.63, 3.8) is 0 Å². The van der Waals surface area contributed by atoms with E-state index in [0.717, 1.165) is 66.8 Å². The zero-order valence-corrected chi connectivity index (χ0v) is 18.7. The topological polar surface area (TPSA) is 81.9 Å². The van der Waals surface area contributed by atoms with Crippen LogP contribution >= 0.6 is 0 Å². The first-order valence-electron chi connectivity index (χ1n) is 12.1. The Morgan fingerprint density at radius 3 is 2.61 bits per heavy atom. The van der Waals surface area contributed by atoms with Crippen LogP contribution < -0.4 is 5.32 Å². The second kappa shape index (κ2) is 7.88. The maximum atomic E-state index is 13.6. The Labute approximate surface area is 193 Å². The Hall–Kier alpha value is -2.85. The largest absolute Gasteiger partial charge is 0.310 e. The van der Waals surface area contributed by atoms with Crippen molar-refractivity contribution >= 4 is 11.7 Å². The summed E-state index contributed by atoms with van der Waals surface area (Å²) in [7, 11) is 0. The molecule has 5 aliphatic rings. The van der Waals surface area contributed by atoms with Crippen LogP contribution in [-0.4, -0.2) is 27.3 Å². The van der Waals surface area contributed by atoms with Crippen molar-refractivity contribution in [2.75, 3.05) is 11.9 Å². The number of benzene rings is 1. The minimum atomic E-state index is -0.489. The van der Waals surface area contributed by atoms with Gasteiger partial charge in [0.2, 0.25) is 5.91 Å². The zero-order chi connectivity index (χ0) is 22.6. The molecule has 0 saturated heterocycles. The Kier molecular flexibility index (Phi) is 4.95. The highest BCUT2D eigenvalue weighted by atomic mass is 19.1. The van der Waals surface area contributed by atoms with Gasteiger partial charge in [0, 0.05) is 25.2 Å². The van der Waals surface area contributed by atoms with E-state index in [4.69, 9.17) is 5.26 Å². The molecule has 2 aromatic rings. The van der Waals surface area contributed by atoms with Crippen LogP contribution in [-0.2, 0) is 24.3 Å². The SMILES string of the molecule is N#Cc1cc(CN2CCc3c(ncnc3NC(=O)C34CC5CC(CC(C5)C3)C4)C2)ccc1F. The van der Waals surface area contributed by atoms with Crippen molar-refractivity contribution in [1.82, 2.24) is 14.9 Å². The van der Waals surface area contributed by atoms with E-state index in [2.05, 4.69) is 20.2 Å². The molecule has 0 spiro atoms. The number of nitrogens with zero attached hydrogens (tertiary/aromatic N) is 4. The predicted molar refractivity (Wildman–Crippen MR) is 120 cm³/mol. The van der Waals surface area contributed by atoms with E-state index < -0.39 is 5.82 Å². The zero-order valence-electron chi connectivity index (χ0n) is 18.7. The van der Waals surface area contributed by atoms with E-state index in [9.17, 15) is 9.18 Å². The molecule has 7 heteroatoms. The molecule has 1 aromatic heterocycles. The molecule has 6 nitrogen and oxygen atoms in total. The second-order valence-corrected chi connectivity index (χ2v) is 10.7. The molecule has 7 rings (SSSR count). The molecule has 0 atom stereocenters. The van der Waals surface area contributed by atoms with Crippen molar-refractivity contribution < 1.29 is 9.18 Å². The summed E-state index contributed by atoms with van der Waals surface area (Å²) in [6.45, 7) is 2.05. The van der Waals surface area contributed by atoms with Crippen LogP contribution in [0.15, 0.2) is 24.5 Å². The number of aromatic nitrogens is 2. The summed E-state index contributed by atoms with van der Waals surface area (Å²) in [5, 5.41) is 12.3. The van der Waals surface area contributed by atoms with Gasteiger partial charge in [-0.05, 0) is 80.4 Å². The van der Waals surface area contributed by atoms with E-state index in [-0.39, 0.29) is 16.9 Å². The normalized spacial score (nSPS) is 30.0. The molecule has 170 valence electrons. The fraction of sp³-hybridized carbons (Fsp3) is 0.538. The summed E-state index contributed by atoms with van der Waals surface area (Å²) in [5.74, 6) is 2.53. The number of amides is 1. The molecule has 4 aliphatic carbocycles. The van der Waals surface area contributed by atoms with Crippen LogP contribution in [0.25, 0.3) is 0 Å². The van der Waals surface area contributed by atoms with Crippen molar-refractivity contribution in [2.24, 2.45) is 23.2 Å². The molecular weight excluding hydrogens is 417 g/mol. The molecule has 4 bridgehead atoms. The van der Waals surface area contributed by atoms with Crippen LogP contribution in [0.2, 0.25) is 0 Å². The lowest BCUT2D eigenvalue weighted by molar-refractivity contribution is -0.140. The Balaban J connectivity index is 1.17. The van der Waals surface area contributed by atoms with Gasteiger partial charge >= 0.3 is 0 Å². The van der Waals surface area contributed by atoms with Crippen LogP contribution in [0.1, 0.15) is 60.9 Å². The van der Waals surface area contributed by atoms with Gasteiger partial charge in [0.1, 0.15) is 24.0 Å². The molecule has 0 unspecified atom stereocenters. The monoisotopic (exact) mass is 445 g/mol. The number of hydrogen-bond acceptors (Lipinski definition) is 5. The Morgan fingerprint density at radius 1 is 1.18 bits per heavy atom. The van der Waals surface area contributed by atoms with E-state index in [1.807, 2.05) is 6.07 Å². The number of hydrogen-bond donors (Lipinski definition) is 1.